The summed E-state index contributed by atoms with van der Waals surface area (Å²) in [7, 11) is 0. The van der Waals surface area contributed by atoms with E-state index in [0.29, 0.717) is 0 Å². The molecule has 0 aliphatic heterocycles. The van der Waals surface area contributed by atoms with Gasteiger partial charge in [-0.2, -0.15) is 0 Å². The van der Waals surface area contributed by atoms with Crippen LogP contribution in [0.5, 0.6) is 0 Å². The van der Waals surface area contributed by atoms with Gasteiger partial charge in [0.25, 0.3) is 0 Å². The summed E-state index contributed by atoms with van der Waals surface area (Å²) < 4.78 is 14.1. The second kappa shape index (κ2) is 3.29. The molecule has 0 unspecified atom stereocenters. The van der Waals surface area contributed by atoms with E-state index in [1.165, 1.54) is 6.07 Å². The van der Waals surface area contributed by atoms with Gasteiger partial charge in [0.1, 0.15) is 5.82 Å². The normalized spacial score (nSPS) is 19.0. The minimum absolute atomic E-state index is 0.153. The highest BCUT2D eigenvalue weighted by atomic mass is 79.9. The maximum atomic E-state index is 13.3. The Morgan fingerprint density at radius 2 is 1.93 bits per heavy atom. The Labute approximate surface area is 98.0 Å². The molecule has 0 amide bonds. The summed E-state index contributed by atoms with van der Waals surface area (Å²) in [6.45, 7) is 4.17. The average Bonchev–Trinajstić information content (AvgIpc) is 2.83. The van der Waals surface area contributed by atoms with Gasteiger partial charge in [-0.25, -0.2) is 4.39 Å². The van der Waals surface area contributed by atoms with Gasteiger partial charge < -0.3 is 5.73 Å². The second-order valence-electron chi connectivity index (χ2n) is 4.94. The van der Waals surface area contributed by atoms with Crippen LogP contribution in [0.15, 0.2) is 22.7 Å². The third-order valence-electron chi connectivity index (χ3n) is 3.62. The smallest absolute Gasteiger partial charge is 0.124 e. The minimum Gasteiger partial charge on any atom is -0.324 e. The fraction of sp³-hybridized carbons (Fsp3) is 0.500. The van der Waals surface area contributed by atoms with Crippen LogP contribution < -0.4 is 5.73 Å². The zero-order valence-corrected chi connectivity index (χ0v) is 10.6. The fourth-order valence-electron chi connectivity index (χ4n) is 1.96. The minimum atomic E-state index is -0.211. The first-order valence-electron chi connectivity index (χ1n) is 5.11. The van der Waals surface area contributed by atoms with Crippen LogP contribution in [0.25, 0.3) is 0 Å². The second-order valence-corrected chi connectivity index (χ2v) is 5.85. The molecule has 1 aromatic carbocycles. The number of halogens is 2. The van der Waals surface area contributed by atoms with E-state index in [9.17, 15) is 4.39 Å². The fourth-order valence-corrected chi connectivity index (χ4v) is 2.43. The van der Waals surface area contributed by atoms with E-state index in [-0.39, 0.29) is 16.8 Å². The molecule has 1 aliphatic rings. The molecule has 1 aromatic rings. The van der Waals surface area contributed by atoms with Crippen LogP contribution in [0.4, 0.5) is 4.39 Å². The Bertz CT molecular complexity index is 376. The van der Waals surface area contributed by atoms with Crippen molar-refractivity contribution < 1.29 is 4.39 Å². The van der Waals surface area contributed by atoms with Gasteiger partial charge in [0, 0.05) is 15.4 Å². The molecular formula is C12H15BrFN. The Hall–Kier alpha value is -0.410. The highest BCUT2D eigenvalue weighted by molar-refractivity contribution is 9.10. The van der Waals surface area contributed by atoms with Crippen LogP contribution in [-0.4, -0.2) is 5.54 Å². The van der Waals surface area contributed by atoms with Gasteiger partial charge in [0.05, 0.1) is 0 Å². The predicted molar refractivity (Wildman–Crippen MR) is 63.3 cm³/mol. The van der Waals surface area contributed by atoms with Crippen LogP contribution >= 0.6 is 15.9 Å². The maximum Gasteiger partial charge on any atom is 0.124 e. The van der Waals surface area contributed by atoms with Crippen molar-refractivity contribution in [3.63, 3.8) is 0 Å². The van der Waals surface area contributed by atoms with Crippen molar-refractivity contribution in [1.82, 2.24) is 0 Å². The third-order valence-corrected chi connectivity index (χ3v) is 4.08. The molecule has 82 valence electrons. The summed E-state index contributed by atoms with van der Waals surface area (Å²) >= 11 is 3.31. The van der Waals surface area contributed by atoms with Crippen LogP contribution in [0.3, 0.4) is 0 Å². The number of benzene rings is 1. The van der Waals surface area contributed by atoms with Crippen LogP contribution in [0.2, 0.25) is 0 Å². The first kappa shape index (κ1) is 11.1. The third kappa shape index (κ3) is 1.83. The molecule has 1 fully saturated rings. The SMILES string of the molecule is CC(C)(c1cc(F)cc(Br)c1)C1(N)CC1. The van der Waals surface area contributed by atoms with Crippen LogP contribution in [0, 0.1) is 5.82 Å². The van der Waals surface area contributed by atoms with E-state index < -0.39 is 0 Å². The molecule has 1 nitrogen and oxygen atoms in total. The van der Waals surface area contributed by atoms with E-state index in [4.69, 9.17) is 5.73 Å². The van der Waals surface area contributed by atoms with E-state index in [0.717, 1.165) is 22.9 Å². The van der Waals surface area contributed by atoms with Crippen molar-refractivity contribution in [2.45, 2.75) is 37.6 Å². The standard InChI is InChI=1S/C12H15BrFN/c1-11(2,12(15)3-4-12)8-5-9(13)7-10(14)6-8/h5-7H,3-4,15H2,1-2H3. The Kier molecular flexibility index (Phi) is 2.43. The average molecular weight is 272 g/mol. The summed E-state index contributed by atoms with van der Waals surface area (Å²) in [5.74, 6) is -0.211. The summed E-state index contributed by atoms with van der Waals surface area (Å²) in [5, 5.41) is 0. The lowest BCUT2D eigenvalue weighted by Gasteiger charge is -2.32. The first-order valence-corrected chi connectivity index (χ1v) is 5.90. The molecule has 0 heterocycles. The molecule has 0 spiro atoms. The van der Waals surface area contributed by atoms with E-state index >= 15 is 0 Å². The highest BCUT2D eigenvalue weighted by Gasteiger charge is 2.51. The molecule has 1 saturated carbocycles. The lowest BCUT2D eigenvalue weighted by Crippen LogP contribution is -2.43. The number of hydrogen-bond donors (Lipinski definition) is 1. The molecule has 0 radical (unpaired) electrons. The Balaban J connectivity index is 2.44. The monoisotopic (exact) mass is 271 g/mol. The Morgan fingerprint density at radius 1 is 1.33 bits per heavy atom. The van der Waals surface area contributed by atoms with E-state index in [1.54, 1.807) is 6.07 Å². The van der Waals surface area contributed by atoms with Gasteiger partial charge >= 0.3 is 0 Å². The highest BCUT2D eigenvalue weighted by Crippen LogP contribution is 2.49. The van der Waals surface area contributed by atoms with Gasteiger partial charge in [0.15, 0.2) is 0 Å². The number of rotatable bonds is 2. The molecular weight excluding hydrogens is 257 g/mol. The molecule has 2 N–H and O–H groups in total. The summed E-state index contributed by atoms with van der Waals surface area (Å²) in [5.41, 5.74) is 6.86. The maximum absolute atomic E-state index is 13.3. The lowest BCUT2D eigenvalue weighted by molar-refractivity contribution is 0.389. The molecule has 0 saturated heterocycles. The molecule has 0 atom stereocenters. The molecule has 0 aromatic heterocycles. The predicted octanol–water partition coefficient (Wildman–Crippen LogP) is 3.36. The molecule has 1 aliphatic carbocycles. The zero-order valence-electron chi connectivity index (χ0n) is 8.98. The zero-order chi connectivity index (χ0) is 11.3. The molecule has 15 heavy (non-hydrogen) atoms. The van der Waals surface area contributed by atoms with Gasteiger partial charge in [-0.3, -0.25) is 0 Å². The van der Waals surface area contributed by atoms with E-state index in [1.807, 2.05) is 6.07 Å². The van der Waals surface area contributed by atoms with E-state index in [2.05, 4.69) is 29.8 Å². The van der Waals surface area contributed by atoms with Crippen molar-refractivity contribution in [3.8, 4) is 0 Å². The largest absolute Gasteiger partial charge is 0.324 e. The first-order chi connectivity index (χ1) is 6.85. The van der Waals surface area contributed by atoms with Gasteiger partial charge in [0.2, 0.25) is 0 Å². The number of hydrogen-bond acceptors (Lipinski definition) is 1. The van der Waals surface area contributed by atoms with Gasteiger partial charge in [-0.05, 0) is 36.6 Å². The van der Waals surface area contributed by atoms with Gasteiger partial charge in [-0.15, -0.1) is 0 Å². The topological polar surface area (TPSA) is 26.0 Å². The lowest BCUT2D eigenvalue weighted by atomic mass is 9.76. The summed E-state index contributed by atoms with van der Waals surface area (Å²) in [6, 6.07) is 5.00. The van der Waals surface area contributed by atoms with Crippen molar-refractivity contribution in [1.29, 1.82) is 0 Å². The van der Waals surface area contributed by atoms with Crippen LogP contribution in [0.1, 0.15) is 32.3 Å². The van der Waals surface area contributed by atoms with Crippen molar-refractivity contribution in [2.24, 2.45) is 5.73 Å². The van der Waals surface area contributed by atoms with Gasteiger partial charge in [-0.1, -0.05) is 29.8 Å². The number of nitrogens with two attached hydrogens (primary N) is 1. The van der Waals surface area contributed by atoms with Crippen molar-refractivity contribution in [3.05, 3.63) is 34.1 Å². The molecule has 0 bridgehead atoms. The quantitative estimate of drug-likeness (QED) is 0.877. The Morgan fingerprint density at radius 3 is 2.40 bits per heavy atom. The molecule has 2 rings (SSSR count). The van der Waals surface area contributed by atoms with Crippen LogP contribution in [-0.2, 0) is 5.41 Å². The van der Waals surface area contributed by atoms with Crippen molar-refractivity contribution in [2.75, 3.05) is 0 Å². The molecule has 3 heteroatoms. The summed E-state index contributed by atoms with van der Waals surface area (Å²) in [4.78, 5) is 0. The van der Waals surface area contributed by atoms with Crippen molar-refractivity contribution >= 4 is 15.9 Å². The summed E-state index contributed by atoms with van der Waals surface area (Å²) in [6.07, 6.45) is 2.04.